The molecule has 0 amide bonds. The van der Waals surface area contributed by atoms with Crippen LogP contribution in [0.25, 0.3) is 22.2 Å². The number of aliphatic hydroxyl groups is 1. The number of pyridine rings is 1. The Morgan fingerprint density at radius 3 is 2.16 bits per heavy atom. The first-order chi connectivity index (χ1) is 21.0. The predicted octanol–water partition coefficient (Wildman–Crippen LogP) is 7.63. The van der Waals surface area contributed by atoms with E-state index in [1.807, 2.05) is 0 Å². The highest BCUT2D eigenvalue weighted by Crippen LogP contribution is 2.49. The van der Waals surface area contributed by atoms with Crippen molar-refractivity contribution in [2.24, 2.45) is 5.92 Å². The second kappa shape index (κ2) is 10.5. The Hall–Kier alpha value is -4.01. The number of benzene rings is 2. The molecule has 2 aromatic carbocycles. The minimum Gasteiger partial charge on any atom is -0.388 e. The topological polar surface area (TPSA) is 68.3 Å². The Bertz CT molecular complexity index is 1760. The van der Waals surface area contributed by atoms with E-state index in [0.29, 0.717) is 31.0 Å². The van der Waals surface area contributed by atoms with Crippen LogP contribution in [-0.2, 0) is 12.4 Å². The predicted molar refractivity (Wildman–Crippen MR) is 147 cm³/mol. The summed E-state index contributed by atoms with van der Waals surface area (Å²) in [6, 6.07) is 3.54. The minimum atomic E-state index is -4.83. The number of nitrogens with one attached hydrogen (secondary N) is 1. The molecule has 6 nitrogen and oxygen atoms in total. The summed E-state index contributed by atoms with van der Waals surface area (Å²) in [5, 5.41) is 10.3. The maximum atomic E-state index is 14.2. The largest absolute Gasteiger partial charge is 0.419 e. The Morgan fingerprint density at radius 1 is 0.911 bits per heavy atom. The average molecular weight is 644 g/mol. The summed E-state index contributed by atoms with van der Waals surface area (Å²) >= 11 is 0. The SMILES string of the molecule is CC(C)[C@@H](O)c1cnc(N2CCN(c3nc4c(-c5cc(F)c(F)c(F)c5)cc(C(F)(F)F)cc4[nH]3)C3(CC3)C2)c(C(F)(F)F)c1. The Kier molecular flexibility index (Phi) is 7.25. The van der Waals surface area contributed by atoms with Gasteiger partial charge in [0.15, 0.2) is 17.5 Å². The summed E-state index contributed by atoms with van der Waals surface area (Å²) in [7, 11) is 0. The average Bonchev–Trinajstić information content (AvgIpc) is 3.58. The fourth-order valence-electron chi connectivity index (χ4n) is 5.87. The van der Waals surface area contributed by atoms with Gasteiger partial charge in [0, 0.05) is 31.4 Å². The number of anilines is 2. The van der Waals surface area contributed by atoms with Crippen molar-refractivity contribution in [1.29, 1.82) is 0 Å². The van der Waals surface area contributed by atoms with Gasteiger partial charge < -0.3 is 19.9 Å². The number of aromatic nitrogens is 3. The summed E-state index contributed by atoms with van der Waals surface area (Å²) in [6.45, 7) is 3.61. The molecular formula is C30H26F9N5O. The molecule has 0 radical (unpaired) electrons. The van der Waals surface area contributed by atoms with Gasteiger partial charge in [-0.1, -0.05) is 13.8 Å². The molecule has 1 saturated carbocycles. The number of aliphatic hydroxyl groups excluding tert-OH is 1. The van der Waals surface area contributed by atoms with Crippen LogP contribution >= 0.6 is 0 Å². The molecule has 1 spiro atoms. The summed E-state index contributed by atoms with van der Waals surface area (Å²) in [5.74, 6) is -5.45. The van der Waals surface area contributed by atoms with Crippen LogP contribution in [-0.4, -0.2) is 45.2 Å². The number of rotatable bonds is 5. The molecule has 45 heavy (non-hydrogen) atoms. The zero-order valence-electron chi connectivity index (χ0n) is 23.8. The van der Waals surface area contributed by atoms with Gasteiger partial charge in [-0.05, 0) is 60.2 Å². The number of hydrogen-bond donors (Lipinski definition) is 2. The van der Waals surface area contributed by atoms with E-state index in [-0.39, 0.29) is 65.0 Å². The number of piperazine rings is 1. The lowest BCUT2D eigenvalue weighted by atomic mass is 9.99. The highest BCUT2D eigenvalue weighted by Gasteiger charge is 2.53. The molecule has 0 bridgehead atoms. The lowest BCUT2D eigenvalue weighted by molar-refractivity contribution is -0.138. The first-order valence-electron chi connectivity index (χ1n) is 14.0. The number of halogens is 9. The number of H-pyrrole nitrogens is 1. The maximum absolute atomic E-state index is 14.2. The zero-order valence-corrected chi connectivity index (χ0v) is 23.8. The third kappa shape index (κ3) is 5.55. The van der Waals surface area contributed by atoms with Crippen LogP contribution in [0.15, 0.2) is 36.5 Å². The molecule has 1 saturated heterocycles. The van der Waals surface area contributed by atoms with Crippen LogP contribution in [0.3, 0.4) is 0 Å². The van der Waals surface area contributed by atoms with Crippen molar-refractivity contribution < 1.29 is 44.6 Å². The zero-order chi connectivity index (χ0) is 32.6. The van der Waals surface area contributed by atoms with Crippen LogP contribution < -0.4 is 9.80 Å². The van der Waals surface area contributed by atoms with E-state index in [1.165, 1.54) is 11.1 Å². The van der Waals surface area contributed by atoms with Gasteiger partial charge in [0.2, 0.25) is 5.95 Å². The molecular weight excluding hydrogens is 617 g/mol. The van der Waals surface area contributed by atoms with Gasteiger partial charge in [0.1, 0.15) is 5.82 Å². The van der Waals surface area contributed by atoms with Crippen LogP contribution in [0, 0.1) is 23.4 Å². The molecule has 2 fully saturated rings. The molecule has 1 aliphatic carbocycles. The summed E-state index contributed by atoms with van der Waals surface area (Å²) in [4.78, 5) is 14.7. The summed E-state index contributed by atoms with van der Waals surface area (Å²) < 4.78 is 126. The molecule has 15 heteroatoms. The molecule has 0 unspecified atom stereocenters. The van der Waals surface area contributed by atoms with E-state index >= 15 is 0 Å². The normalized spacial score (nSPS) is 17.5. The van der Waals surface area contributed by atoms with Crippen molar-refractivity contribution in [3.63, 3.8) is 0 Å². The lowest BCUT2D eigenvalue weighted by Gasteiger charge is -2.43. The van der Waals surface area contributed by atoms with Gasteiger partial charge in [-0.15, -0.1) is 0 Å². The van der Waals surface area contributed by atoms with Crippen LogP contribution in [0.2, 0.25) is 0 Å². The van der Waals surface area contributed by atoms with Crippen molar-refractivity contribution in [3.8, 4) is 11.1 Å². The first-order valence-corrected chi connectivity index (χ1v) is 14.0. The molecule has 1 atom stereocenters. The van der Waals surface area contributed by atoms with E-state index in [2.05, 4.69) is 15.0 Å². The van der Waals surface area contributed by atoms with Gasteiger partial charge in [-0.3, -0.25) is 0 Å². The third-order valence-corrected chi connectivity index (χ3v) is 8.40. The van der Waals surface area contributed by atoms with Gasteiger partial charge >= 0.3 is 12.4 Å². The molecule has 6 rings (SSSR count). The Morgan fingerprint density at radius 2 is 1.58 bits per heavy atom. The fourth-order valence-corrected chi connectivity index (χ4v) is 5.87. The van der Waals surface area contributed by atoms with E-state index in [1.54, 1.807) is 18.7 Å². The Labute approximate surface area is 250 Å². The lowest BCUT2D eigenvalue weighted by Crippen LogP contribution is -2.56. The second-order valence-corrected chi connectivity index (χ2v) is 11.9. The fraction of sp³-hybridized carbons (Fsp3) is 0.400. The quantitative estimate of drug-likeness (QED) is 0.173. The number of imidazole rings is 1. The molecule has 2 aliphatic rings. The highest BCUT2D eigenvalue weighted by molar-refractivity contribution is 5.94. The van der Waals surface area contributed by atoms with Crippen molar-refractivity contribution in [1.82, 2.24) is 15.0 Å². The number of aromatic amines is 1. The maximum Gasteiger partial charge on any atom is 0.419 e. The van der Waals surface area contributed by atoms with E-state index in [9.17, 15) is 44.6 Å². The van der Waals surface area contributed by atoms with Crippen molar-refractivity contribution in [2.75, 3.05) is 29.4 Å². The summed E-state index contributed by atoms with van der Waals surface area (Å²) in [5.41, 5.74) is -3.59. The first kappa shape index (κ1) is 31.0. The molecule has 2 aromatic heterocycles. The van der Waals surface area contributed by atoms with Gasteiger partial charge in [-0.25, -0.2) is 23.1 Å². The van der Waals surface area contributed by atoms with Crippen LogP contribution in [0.1, 0.15) is 49.5 Å². The molecule has 240 valence electrons. The molecule has 4 aromatic rings. The summed E-state index contributed by atoms with van der Waals surface area (Å²) in [6.07, 6.45) is -8.42. The van der Waals surface area contributed by atoms with Gasteiger partial charge in [-0.2, -0.15) is 26.3 Å². The van der Waals surface area contributed by atoms with E-state index < -0.39 is 52.6 Å². The highest BCUT2D eigenvalue weighted by atomic mass is 19.4. The number of hydrogen-bond acceptors (Lipinski definition) is 5. The van der Waals surface area contributed by atoms with Crippen LogP contribution in [0.4, 0.5) is 51.3 Å². The monoisotopic (exact) mass is 643 g/mol. The number of fused-ring (bicyclic) bond motifs is 1. The van der Waals surface area contributed by atoms with Crippen molar-refractivity contribution in [2.45, 2.75) is 50.7 Å². The van der Waals surface area contributed by atoms with Crippen molar-refractivity contribution >= 4 is 22.8 Å². The Balaban J connectivity index is 1.37. The van der Waals surface area contributed by atoms with E-state index in [0.717, 1.165) is 12.1 Å². The second-order valence-electron chi connectivity index (χ2n) is 11.9. The smallest absolute Gasteiger partial charge is 0.388 e. The number of alkyl halides is 6. The third-order valence-electron chi connectivity index (χ3n) is 8.40. The van der Waals surface area contributed by atoms with Crippen molar-refractivity contribution in [3.05, 3.63) is 70.7 Å². The minimum absolute atomic E-state index is 0.0399. The number of nitrogens with zero attached hydrogens (tertiary/aromatic N) is 4. The standard InChI is InChI=1S/C30H26F9N5O/c1-14(2)25(45)16-7-19(30(37,38)39)26(40-12-16)43-5-6-44(28(13-43)3-4-28)27-41-22-11-17(29(34,35)36)10-18(24(22)42-27)15-8-20(31)23(33)21(32)9-15/h7-12,14,25,45H,3-6,13H2,1-2H3,(H,41,42)/t25-/m1/s1. The van der Waals surface area contributed by atoms with Gasteiger partial charge in [0.05, 0.1) is 33.8 Å². The van der Waals surface area contributed by atoms with Gasteiger partial charge in [0.25, 0.3) is 0 Å². The molecule has 2 N–H and O–H groups in total. The molecule has 1 aliphatic heterocycles. The molecule has 3 heterocycles. The van der Waals surface area contributed by atoms with E-state index in [4.69, 9.17) is 0 Å². The van der Waals surface area contributed by atoms with Crippen LogP contribution in [0.5, 0.6) is 0 Å².